The highest BCUT2D eigenvalue weighted by atomic mass is 19.4. The van der Waals surface area contributed by atoms with Gasteiger partial charge in [-0.15, -0.1) is 13.2 Å². The number of carbonyl (C=O) groups is 1. The molecule has 0 radical (unpaired) electrons. The van der Waals surface area contributed by atoms with E-state index < -0.39 is 12.3 Å². The van der Waals surface area contributed by atoms with Crippen molar-refractivity contribution in [2.45, 2.75) is 51.1 Å². The number of carboxylic acids is 1. The second kappa shape index (κ2) is 10.5. The Morgan fingerprint density at radius 3 is 2.50 bits per heavy atom. The minimum Gasteiger partial charge on any atom is -0.550 e. The molecule has 1 aromatic carbocycles. The van der Waals surface area contributed by atoms with Crippen LogP contribution in [0, 0.1) is 0 Å². The van der Waals surface area contributed by atoms with Crippen LogP contribution in [-0.2, 0) is 9.53 Å². The summed E-state index contributed by atoms with van der Waals surface area (Å²) in [6, 6.07) is 5.72. The van der Waals surface area contributed by atoms with Gasteiger partial charge in [-0.3, -0.25) is 4.90 Å². The number of halogens is 3. The predicted octanol–water partition coefficient (Wildman–Crippen LogP) is 2.36. The number of likely N-dealkylation sites (tertiary alicyclic amines) is 1. The molecule has 0 amide bonds. The van der Waals surface area contributed by atoms with Gasteiger partial charge in [-0.2, -0.15) is 0 Å². The third-order valence-electron chi connectivity index (χ3n) is 4.59. The Balaban J connectivity index is 1.77. The smallest absolute Gasteiger partial charge is 0.550 e. The molecule has 2 atom stereocenters. The number of hydrogen-bond donors (Lipinski definition) is 0. The average Bonchev–Trinajstić information content (AvgIpc) is 2.62. The molecule has 2 unspecified atom stereocenters. The Morgan fingerprint density at radius 2 is 1.89 bits per heavy atom. The van der Waals surface area contributed by atoms with Gasteiger partial charge in [-0.1, -0.05) is 6.92 Å². The molecule has 0 N–H and O–H groups in total. The Bertz CT molecular complexity index is 609. The van der Waals surface area contributed by atoms with Crippen molar-refractivity contribution in [2.24, 2.45) is 0 Å². The van der Waals surface area contributed by atoms with Crippen LogP contribution in [0.1, 0.15) is 32.6 Å². The van der Waals surface area contributed by atoms with Crippen LogP contribution in [0.5, 0.6) is 11.5 Å². The van der Waals surface area contributed by atoms with E-state index in [1.54, 1.807) is 0 Å². The summed E-state index contributed by atoms with van der Waals surface area (Å²) in [5, 5.41) is 10.4. The number of rotatable bonds is 10. The van der Waals surface area contributed by atoms with E-state index in [4.69, 9.17) is 9.47 Å². The average molecular weight is 404 g/mol. The number of aliphatic carboxylic acids is 1. The van der Waals surface area contributed by atoms with Crippen molar-refractivity contribution in [1.82, 2.24) is 4.90 Å². The molecule has 1 heterocycles. The van der Waals surface area contributed by atoms with Crippen molar-refractivity contribution < 1.29 is 37.3 Å². The van der Waals surface area contributed by atoms with Crippen LogP contribution >= 0.6 is 0 Å². The van der Waals surface area contributed by atoms with Gasteiger partial charge in [-0.05, 0) is 43.5 Å². The zero-order chi connectivity index (χ0) is 20.6. The summed E-state index contributed by atoms with van der Waals surface area (Å²) in [6.07, 6.45) is -2.32. The van der Waals surface area contributed by atoms with Gasteiger partial charge in [0, 0.05) is 31.5 Å². The molecule has 1 aromatic rings. The minimum absolute atomic E-state index is 0.0189. The Kier molecular flexibility index (Phi) is 8.37. The highest BCUT2D eigenvalue weighted by molar-refractivity contribution is 5.64. The van der Waals surface area contributed by atoms with E-state index in [1.165, 1.54) is 24.3 Å². The summed E-state index contributed by atoms with van der Waals surface area (Å²) in [6.45, 7) is 4.20. The topological polar surface area (TPSA) is 71.1 Å². The number of alkyl halides is 3. The van der Waals surface area contributed by atoms with E-state index in [0.29, 0.717) is 24.9 Å². The molecule has 1 aliphatic heterocycles. The number of ether oxygens (including phenoxy) is 3. The number of hydrogen-bond acceptors (Lipinski definition) is 6. The van der Waals surface area contributed by atoms with Crippen LogP contribution < -0.4 is 14.6 Å². The standard InChI is InChI=1S/C19H26F3NO5/c1-2-14-13-17(7-9-23(14)10-12-26-11-8-18(24)25)27-15-3-5-16(6-4-15)28-19(20,21)22/h3-6,14,17H,2,7-13H2,1H3,(H,24,25)/p-1. The third kappa shape index (κ3) is 7.93. The van der Waals surface area contributed by atoms with Crippen molar-refractivity contribution in [3.05, 3.63) is 24.3 Å². The van der Waals surface area contributed by atoms with Crippen molar-refractivity contribution in [1.29, 1.82) is 0 Å². The summed E-state index contributed by atoms with van der Waals surface area (Å²) in [4.78, 5) is 12.6. The third-order valence-corrected chi connectivity index (χ3v) is 4.59. The molecule has 158 valence electrons. The van der Waals surface area contributed by atoms with Crippen LogP contribution in [0.15, 0.2) is 24.3 Å². The number of piperidine rings is 1. The zero-order valence-corrected chi connectivity index (χ0v) is 15.7. The van der Waals surface area contributed by atoms with Gasteiger partial charge in [0.05, 0.1) is 13.2 Å². The normalized spacial score (nSPS) is 20.7. The maximum Gasteiger partial charge on any atom is 0.573 e. The number of nitrogens with zero attached hydrogens (tertiary/aromatic N) is 1. The van der Waals surface area contributed by atoms with E-state index in [2.05, 4.69) is 16.6 Å². The van der Waals surface area contributed by atoms with E-state index in [1.807, 2.05) is 0 Å². The van der Waals surface area contributed by atoms with E-state index >= 15 is 0 Å². The molecule has 2 rings (SSSR count). The quantitative estimate of drug-likeness (QED) is 0.558. The van der Waals surface area contributed by atoms with Gasteiger partial charge in [0.1, 0.15) is 17.6 Å². The van der Waals surface area contributed by atoms with Crippen LogP contribution in [0.3, 0.4) is 0 Å². The summed E-state index contributed by atoms with van der Waals surface area (Å²) in [5.41, 5.74) is 0. The summed E-state index contributed by atoms with van der Waals surface area (Å²) in [7, 11) is 0. The molecule has 0 spiro atoms. The van der Waals surface area contributed by atoms with Crippen molar-refractivity contribution >= 4 is 5.97 Å². The molecule has 1 aliphatic rings. The molecule has 0 saturated carbocycles. The Labute approximate surface area is 162 Å². The molecular formula is C19H25F3NO5-. The minimum atomic E-state index is -4.71. The Morgan fingerprint density at radius 1 is 1.21 bits per heavy atom. The number of benzene rings is 1. The predicted molar refractivity (Wildman–Crippen MR) is 92.9 cm³/mol. The first kappa shape index (κ1) is 22.3. The van der Waals surface area contributed by atoms with Crippen molar-refractivity contribution in [3.63, 3.8) is 0 Å². The largest absolute Gasteiger partial charge is 0.573 e. The maximum absolute atomic E-state index is 12.2. The van der Waals surface area contributed by atoms with E-state index in [0.717, 1.165) is 25.8 Å². The van der Waals surface area contributed by atoms with Gasteiger partial charge in [-0.25, -0.2) is 0 Å². The van der Waals surface area contributed by atoms with Crippen molar-refractivity contribution in [3.8, 4) is 11.5 Å². The second-order valence-electron chi connectivity index (χ2n) is 6.62. The highest BCUT2D eigenvalue weighted by Crippen LogP contribution is 2.28. The van der Waals surface area contributed by atoms with E-state index in [9.17, 15) is 23.1 Å². The van der Waals surface area contributed by atoms with Gasteiger partial charge >= 0.3 is 6.36 Å². The van der Waals surface area contributed by atoms with Crippen LogP contribution in [0.4, 0.5) is 13.2 Å². The molecular weight excluding hydrogens is 379 g/mol. The molecule has 28 heavy (non-hydrogen) atoms. The summed E-state index contributed by atoms with van der Waals surface area (Å²) in [5.74, 6) is -0.893. The lowest BCUT2D eigenvalue weighted by Crippen LogP contribution is -2.46. The molecule has 1 fully saturated rings. The number of carbonyl (C=O) groups excluding carboxylic acids is 1. The van der Waals surface area contributed by atoms with Crippen LogP contribution in [0.25, 0.3) is 0 Å². The molecule has 9 heteroatoms. The molecule has 6 nitrogen and oxygen atoms in total. The highest BCUT2D eigenvalue weighted by Gasteiger charge is 2.31. The lowest BCUT2D eigenvalue weighted by molar-refractivity contribution is -0.306. The molecule has 0 bridgehead atoms. The first-order chi connectivity index (χ1) is 13.3. The zero-order valence-electron chi connectivity index (χ0n) is 15.7. The lowest BCUT2D eigenvalue weighted by atomic mass is 9.97. The maximum atomic E-state index is 12.2. The second-order valence-corrected chi connectivity index (χ2v) is 6.62. The Hall–Kier alpha value is -2.00. The lowest BCUT2D eigenvalue weighted by Gasteiger charge is -2.39. The van der Waals surface area contributed by atoms with E-state index in [-0.39, 0.29) is 24.9 Å². The first-order valence-corrected chi connectivity index (χ1v) is 9.31. The first-order valence-electron chi connectivity index (χ1n) is 9.31. The number of carboxylic acid groups (broad SMARTS) is 1. The van der Waals surface area contributed by atoms with Crippen LogP contribution in [0.2, 0.25) is 0 Å². The van der Waals surface area contributed by atoms with Crippen molar-refractivity contribution in [2.75, 3.05) is 26.3 Å². The monoisotopic (exact) mass is 404 g/mol. The molecule has 0 aliphatic carbocycles. The van der Waals surface area contributed by atoms with Gasteiger partial charge in [0.15, 0.2) is 0 Å². The fourth-order valence-electron chi connectivity index (χ4n) is 3.24. The van der Waals surface area contributed by atoms with Crippen LogP contribution in [-0.4, -0.2) is 55.7 Å². The SMILES string of the molecule is CCC1CC(Oc2ccc(OC(F)(F)F)cc2)CCN1CCOCCC(=O)[O-]. The molecule has 0 aromatic heterocycles. The van der Waals surface area contributed by atoms with Gasteiger partial charge in [0.25, 0.3) is 0 Å². The summed E-state index contributed by atoms with van der Waals surface area (Å²) >= 11 is 0. The molecule has 1 saturated heterocycles. The fourth-order valence-corrected chi connectivity index (χ4v) is 3.24. The fraction of sp³-hybridized carbons (Fsp3) is 0.632. The van der Waals surface area contributed by atoms with Gasteiger partial charge in [0.2, 0.25) is 0 Å². The summed E-state index contributed by atoms with van der Waals surface area (Å²) < 4.78 is 51.7. The van der Waals surface area contributed by atoms with Gasteiger partial charge < -0.3 is 24.1 Å².